The largest absolute Gasteiger partial charge is 0.494 e. The Labute approximate surface area is 158 Å². The van der Waals surface area contributed by atoms with Gasteiger partial charge < -0.3 is 10.1 Å². The van der Waals surface area contributed by atoms with Crippen LogP contribution in [0.5, 0.6) is 5.75 Å². The zero-order valence-electron chi connectivity index (χ0n) is 15.4. The Hall–Kier alpha value is -2.14. The molecule has 1 aliphatic carbocycles. The van der Waals surface area contributed by atoms with Crippen molar-refractivity contribution < 1.29 is 4.74 Å². The number of nitrogens with one attached hydrogen (secondary N) is 1. The third-order valence-corrected chi connectivity index (χ3v) is 6.14. The maximum atomic E-state index is 5.74. The number of rotatable bonds is 6. The van der Waals surface area contributed by atoms with Crippen molar-refractivity contribution in [3.05, 3.63) is 41.0 Å². The van der Waals surface area contributed by atoms with Gasteiger partial charge in [-0.15, -0.1) is 11.3 Å². The number of unbranched alkanes of at least 4 members (excludes halogenated alkanes) is 1. The molecule has 0 spiro atoms. The lowest BCUT2D eigenvalue weighted by molar-refractivity contribution is 0.309. The van der Waals surface area contributed by atoms with Gasteiger partial charge in [0.05, 0.1) is 12.0 Å². The number of anilines is 2. The van der Waals surface area contributed by atoms with E-state index in [4.69, 9.17) is 4.74 Å². The highest BCUT2D eigenvalue weighted by Crippen LogP contribution is 2.40. The van der Waals surface area contributed by atoms with Crippen LogP contribution in [0.3, 0.4) is 0 Å². The first-order chi connectivity index (χ1) is 12.7. The van der Waals surface area contributed by atoms with Crippen LogP contribution in [0.4, 0.5) is 11.5 Å². The molecule has 3 aromatic rings. The van der Waals surface area contributed by atoms with Gasteiger partial charge >= 0.3 is 0 Å². The van der Waals surface area contributed by atoms with Crippen molar-refractivity contribution >= 4 is 33.1 Å². The highest BCUT2D eigenvalue weighted by Gasteiger charge is 2.23. The van der Waals surface area contributed by atoms with Crippen LogP contribution in [-0.2, 0) is 12.8 Å². The van der Waals surface area contributed by atoms with Gasteiger partial charge in [0, 0.05) is 10.6 Å². The number of nitrogens with zero attached hydrogens (tertiary/aromatic N) is 2. The Morgan fingerprint density at radius 1 is 1.23 bits per heavy atom. The molecule has 0 bridgehead atoms. The predicted octanol–water partition coefficient (Wildman–Crippen LogP) is 5.74. The number of ether oxygens (including phenoxy) is 1. The van der Waals surface area contributed by atoms with E-state index in [1.807, 2.05) is 23.5 Å². The summed E-state index contributed by atoms with van der Waals surface area (Å²) < 4.78 is 5.74. The van der Waals surface area contributed by atoms with Crippen LogP contribution in [0, 0.1) is 5.92 Å². The molecular formula is C21H25N3OS. The average molecular weight is 368 g/mol. The Morgan fingerprint density at radius 2 is 2.08 bits per heavy atom. The number of aromatic nitrogens is 2. The fraction of sp³-hybridized carbons (Fsp3) is 0.429. The minimum Gasteiger partial charge on any atom is -0.494 e. The molecular weight excluding hydrogens is 342 g/mol. The molecule has 2 heterocycles. The van der Waals surface area contributed by atoms with Crippen LogP contribution in [-0.4, -0.2) is 16.6 Å². The fourth-order valence-electron chi connectivity index (χ4n) is 3.48. The summed E-state index contributed by atoms with van der Waals surface area (Å²) >= 11 is 1.83. The molecule has 0 aliphatic heterocycles. The summed E-state index contributed by atoms with van der Waals surface area (Å²) in [6, 6.07) is 8.13. The lowest BCUT2D eigenvalue weighted by atomic mass is 9.89. The second-order valence-corrected chi connectivity index (χ2v) is 8.19. The topological polar surface area (TPSA) is 47.0 Å². The van der Waals surface area contributed by atoms with Crippen LogP contribution in [0.25, 0.3) is 10.2 Å². The van der Waals surface area contributed by atoms with E-state index in [9.17, 15) is 0 Å². The van der Waals surface area contributed by atoms with Crippen LogP contribution >= 0.6 is 11.3 Å². The highest BCUT2D eigenvalue weighted by atomic mass is 32.1. The first-order valence-corrected chi connectivity index (χ1v) is 10.3. The van der Waals surface area contributed by atoms with Gasteiger partial charge in [0.1, 0.15) is 22.7 Å². The fourth-order valence-corrected chi connectivity index (χ4v) is 4.83. The van der Waals surface area contributed by atoms with Crippen LogP contribution < -0.4 is 10.1 Å². The van der Waals surface area contributed by atoms with E-state index in [-0.39, 0.29) is 0 Å². The van der Waals surface area contributed by atoms with Gasteiger partial charge in [-0.25, -0.2) is 9.97 Å². The van der Waals surface area contributed by atoms with Gasteiger partial charge in [-0.05, 0) is 61.4 Å². The van der Waals surface area contributed by atoms with Gasteiger partial charge in [0.15, 0.2) is 0 Å². The van der Waals surface area contributed by atoms with Crippen molar-refractivity contribution in [2.45, 2.75) is 46.0 Å². The van der Waals surface area contributed by atoms with Gasteiger partial charge in [-0.2, -0.15) is 0 Å². The summed E-state index contributed by atoms with van der Waals surface area (Å²) in [7, 11) is 0. The molecule has 1 N–H and O–H groups in total. The molecule has 4 nitrogen and oxygen atoms in total. The zero-order valence-corrected chi connectivity index (χ0v) is 16.2. The number of hydrogen-bond acceptors (Lipinski definition) is 5. The quantitative estimate of drug-likeness (QED) is 0.564. The van der Waals surface area contributed by atoms with E-state index >= 15 is 0 Å². The molecule has 4 rings (SSSR count). The molecule has 0 amide bonds. The van der Waals surface area contributed by atoms with Crippen molar-refractivity contribution in [2.24, 2.45) is 5.92 Å². The summed E-state index contributed by atoms with van der Waals surface area (Å²) in [5.41, 5.74) is 2.47. The zero-order chi connectivity index (χ0) is 17.9. The maximum Gasteiger partial charge on any atom is 0.142 e. The highest BCUT2D eigenvalue weighted by molar-refractivity contribution is 7.19. The molecule has 136 valence electrons. The molecule has 1 aliphatic rings. The minimum absolute atomic E-state index is 0.764. The van der Waals surface area contributed by atoms with E-state index in [0.29, 0.717) is 0 Å². The number of fused-ring (bicyclic) bond motifs is 3. The molecule has 2 aromatic heterocycles. The second kappa shape index (κ2) is 7.62. The molecule has 0 unspecified atom stereocenters. The van der Waals surface area contributed by atoms with Gasteiger partial charge in [-0.1, -0.05) is 20.3 Å². The SMILES string of the molecule is CCCCOc1ccc(Nc2ncnc3sc4c(c23)CC[C@H](C)C4)cc1. The van der Waals surface area contributed by atoms with E-state index < -0.39 is 0 Å². The first-order valence-electron chi connectivity index (χ1n) is 9.49. The lowest BCUT2D eigenvalue weighted by Gasteiger charge is -2.18. The molecule has 5 heteroatoms. The molecule has 1 atom stereocenters. The number of benzene rings is 1. The average Bonchev–Trinajstić information content (AvgIpc) is 3.02. The molecule has 1 aromatic carbocycles. The monoisotopic (exact) mass is 367 g/mol. The Morgan fingerprint density at radius 3 is 2.88 bits per heavy atom. The first kappa shape index (κ1) is 17.3. The van der Waals surface area contributed by atoms with Crippen LogP contribution in [0.2, 0.25) is 0 Å². The summed E-state index contributed by atoms with van der Waals surface area (Å²) in [6.45, 7) is 5.28. The maximum absolute atomic E-state index is 5.74. The van der Waals surface area contributed by atoms with Crippen molar-refractivity contribution in [1.82, 2.24) is 9.97 Å². The van der Waals surface area contributed by atoms with Gasteiger partial charge in [0.25, 0.3) is 0 Å². The molecule has 0 radical (unpaired) electrons. The van der Waals surface area contributed by atoms with Gasteiger partial charge in [0.2, 0.25) is 0 Å². The standard InChI is InChI=1S/C21H25N3OS/c1-3-4-11-25-16-8-6-15(7-9-16)24-20-19-17-10-5-14(2)12-18(17)26-21(19)23-13-22-20/h6-9,13-14H,3-5,10-12H2,1-2H3,(H,22,23,24)/t14-/m0/s1. The Bertz CT molecular complexity index is 888. The number of thiophene rings is 1. The predicted molar refractivity (Wildman–Crippen MR) is 109 cm³/mol. The molecule has 0 fully saturated rings. The third-order valence-electron chi connectivity index (χ3n) is 4.98. The third kappa shape index (κ3) is 3.54. The van der Waals surface area contributed by atoms with E-state index in [1.54, 1.807) is 6.33 Å². The summed E-state index contributed by atoms with van der Waals surface area (Å²) in [5.74, 6) is 2.60. The summed E-state index contributed by atoms with van der Waals surface area (Å²) in [4.78, 5) is 11.6. The normalized spacial score (nSPS) is 16.5. The summed E-state index contributed by atoms with van der Waals surface area (Å²) in [5, 5.41) is 4.70. The van der Waals surface area contributed by atoms with Crippen molar-refractivity contribution in [2.75, 3.05) is 11.9 Å². The number of hydrogen-bond donors (Lipinski definition) is 1. The van der Waals surface area contributed by atoms with E-state index in [2.05, 4.69) is 41.3 Å². The molecule has 0 saturated carbocycles. The van der Waals surface area contributed by atoms with Crippen molar-refractivity contribution in [3.63, 3.8) is 0 Å². The van der Waals surface area contributed by atoms with Crippen LogP contribution in [0.1, 0.15) is 43.6 Å². The molecule has 0 saturated heterocycles. The van der Waals surface area contributed by atoms with E-state index in [1.165, 1.54) is 28.7 Å². The van der Waals surface area contributed by atoms with Crippen molar-refractivity contribution in [1.29, 1.82) is 0 Å². The number of aryl methyl sites for hydroxylation is 1. The smallest absolute Gasteiger partial charge is 0.142 e. The van der Waals surface area contributed by atoms with Gasteiger partial charge in [-0.3, -0.25) is 0 Å². The van der Waals surface area contributed by atoms with Crippen LogP contribution in [0.15, 0.2) is 30.6 Å². The Kier molecular flexibility index (Phi) is 5.07. The summed E-state index contributed by atoms with van der Waals surface area (Å²) in [6.07, 6.45) is 7.44. The second-order valence-electron chi connectivity index (χ2n) is 7.11. The van der Waals surface area contributed by atoms with Crippen molar-refractivity contribution in [3.8, 4) is 5.75 Å². The Balaban J connectivity index is 1.57. The minimum atomic E-state index is 0.764. The molecule has 26 heavy (non-hydrogen) atoms. The lowest BCUT2D eigenvalue weighted by Crippen LogP contribution is -2.09. The van der Waals surface area contributed by atoms with E-state index in [0.717, 1.165) is 53.9 Å².